The van der Waals surface area contributed by atoms with Gasteiger partial charge in [0, 0.05) is 68.9 Å². The number of likely N-dealkylation sites (N-methyl/N-ethyl adjacent to an activating group) is 1. The standard InChI is InChI=1S/C34H45N9O4S/c1-24-31(36-23-43(24)48(45,46)29-8-12-39(2)13-9-29)30-20-26-21-35-34(38-32(26)42(33(30)44)22-25-10-18-47-19-11-25)37-27-4-6-28(7-5-27)41-16-14-40(3)15-17-41/h4-7,20-21,23,25,29H,8-19,22H2,1-3H3,(H,35,37,38). The summed E-state index contributed by atoms with van der Waals surface area (Å²) in [6.45, 7) is 9.03. The van der Waals surface area contributed by atoms with E-state index in [9.17, 15) is 13.2 Å². The topological polar surface area (TPSA) is 131 Å². The molecule has 3 aromatic heterocycles. The average molecular weight is 676 g/mol. The van der Waals surface area contributed by atoms with Crippen LogP contribution in [0.2, 0.25) is 0 Å². The summed E-state index contributed by atoms with van der Waals surface area (Å²) >= 11 is 0. The Morgan fingerprint density at radius 2 is 1.60 bits per heavy atom. The molecule has 256 valence electrons. The van der Waals surface area contributed by atoms with E-state index in [4.69, 9.17) is 9.72 Å². The molecule has 4 aromatic rings. The molecule has 0 spiro atoms. The molecule has 14 heteroatoms. The first kappa shape index (κ1) is 32.7. The van der Waals surface area contributed by atoms with Crippen molar-refractivity contribution in [1.82, 2.24) is 33.3 Å². The van der Waals surface area contributed by atoms with Gasteiger partial charge in [-0.25, -0.2) is 22.4 Å². The normalized spacial score (nSPS) is 19.3. The van der Waals surface area contributed by atoms with E-state index in [1.165, 1.54) is 16.0 Å². The molecule has 0 saturated carbocycles. The zero-order valence-electron chi connectivity index (χ0n) is 28.0. The van der Waals surface area contributed by atoms with Crippen molar-refractivity contribution in [3.63, 3.8) is 0 Å². The Balaban J connectivity index is 1.21. The molecule has 0 atom stereocenters. The average Bonchev–Trinajstić information content (AvgIpc) is 3.49. The maximum Gasteiger partial charge on any atom is 0.261 e. The van der Waals surface area contributed by atoms with Crippen molar-refractivity contribution >= 4 is 38.4 Å². The van der Waals surface area contributed by atoms with Gasteiger partial charge in [-0.15, -0.1) is 0 Å². The van der Waals surface area contributed by atoms with E-state index in [0.717, 1.165) is 57.8 Å². The molecule has 13 nitrogen and oxygen atoms in total. The van der Waals surface area contributed by atoms with Gasteiger partial charge in [0.1, 0.15) is 12.0 Å². The number of benzene rings is 1. The quantitative estimate of drug-likeness (QED) is 0.296. The van der Waals surface area contributed by atoms with E-state index in [0.29, 0.717) is 66.5 Å². The molecule has 3 aliphatic rings. The lowest BCUT2D eigenvalue weighted by Gasteiger charge is -2.34. The van der Waals surface area contributed by atoms with Crippen LogP contribution in [0.3, 0.4) is 0 Å². The number of aromatic nitrogens is 5. The highest BCUT2D eigenvalue weighted by Crippen LogP contribution is 2.28. The van der Waals surface area contributed by atoms with E-state index in [-0.39, 0.29) is 11.5 Å². The first-order valence-electron chi connectivity index (χ1n) is 16.9. The van der Waals surface area contributed by atoms with Gasteiger partial charge in [-0.3, -0.25) is 9.36 Å². The molecule has 48 heavy (non-hydrogen) atoms. The van der Waals surface area contributed by atoms with E-state index in [1.54, 1.807) is 23.8 Å². The fraction of sp³-hybridized carbons (Fsp3) is 0.529. The van der Waals surface area contributed by atoms with Crippen molar-refractivity contribution in [1.29, 1.82) is 0 Å². The minimum absolute atomic E-state index is 0.242. The summed E-state index contributed by atoms with van der Waals surface area (Å²) in [5.74, 6) is 0.638. The molecule has 3 saturated heterocycles. The number of piperidine rings is 1. The molecule has 0 amide bonds. The van der Waals surface area contributed by atoms with Crippen molar-refractivity contribution < 1.29 is 13.2 Å². The zero-order valence-corrected chi connectivity index (χ0v) is 28.8. The number of piperazine rings is 1. The second-order valence-corrected chi connectivity index (χ2v) is 15.6. The molecule has 0 aliphatic carbocycles. The van der Waals surface area contributed by atoms with Crippen molar-refractivity contribution in [2.75, 3.05) is 76.8 Å². The third-order valence-corrected chi connectivity index (χ3v) is 12.4. The van der Waals surface area contributed by atoms with Crippen LogP contribution in [-0.4, -0.2) is 114 Å². The van der Waals surface area contributed by atoms with Crippen LogP contribution in [-0.2, 0) is 21.3 Å². The molecular weight excluding hydrogens is 631 g/mol. The molecular formula is C34H45N9O4S. The van der Waals surface area contributed by atoms with Crippen molar-refractivity contribution in [2.45, 2.75) is 44.4 Å². The summed E-state index contributed by atoms with van der Waals surface area (Å²) in [7, 11) is 0.482. The third kappa shape index (κ3) is 6.58. The Kier molecular flexibility index (Phi) is 9.24. The Bertz CT molecular complexity index is 1920. The van der Waals surface area contributed by atoms with Crippen LogP contribution in [0.1, 0.15) is 31.4 Å². The Hall–Kier alpha value is -3.85. The monoisotopic (exact) mass is 675 g/mol. The van der Waals surface area contributed by atoms with Gasteiger partial charge in [-0.05, 0) is 96.0 Å². The molecule has 0 radical (unpaired) electrons. The van der Waals surface area contributed by atoms with Crippen molar-refractivity contribution in [3.8, 4) is 11.3 Å². The zero-order chi connectivity index (χ0) is 33.4. The fourth-order valence-electron chi connectivity index (χ4n) is 7.05. The highest BCUT2D eigenvalue weighted by atomic mass is 32.2. The third-order valence-electron chi connectivity index (χ3n) is 10.2. The number of rotatable bonds is 8. The predicted molar refractivity (Wildman–Crippen MR) is 188 cm³/mol. The summed E-state index contributed by atoms with van der Waals surface area (Å²) in [5.41, 5.74) is 3.45. The predicted octanol–water partition coefficient (Wildman–Crippen LogP) is 3.16. The summed E-state index contributed by atoms with van der Waals surface area (Å²) in [4.78, 5) is 35.2. The summed E-state index contributed by atoms with van der Waals surface area (Å²) in [6.07, 6.45) is 5.88. The molecule has 0 unspecified atom stereocenters. The minimum atomic E-state index is -3.67. The number of likely N-dealkylation sites (tertiary alicyclic amines) is 1. The summed E-state index contributed by atoms with van der Waals surface area (Å²) in [5, 5.41) is 3.52. The summed E-state index contributed by atoms with van der Waals surface area (Å²) < 4.78 is 35.9. The Morgan fingerprint density at radius 3 is 2.31 bits per heavy atom. The number of hydrogen-bond donors (Lipinski definition) is 1. The second kappa shape index (κ2) is 13.6. The highest BCUT2D eigenvalue weighted by Gasteiger charge is 2.32. The SMILES string of the molecule is Cc1c(-c2cc3cnc(Nc4ccc(N5CCN(C)CC5)cc4)nc3n(CC3CCOCC3)c2=O)ncn1S(=O)(=O)C1CCN(C)CC1. The largest absolute Gasteiger partial charge is 0.381 e. The molecule has 1 aromatic carbocycles. The van der Waals surface area contributed by atoms with Crippen LogP contribution < -0.4 is 15.8 Å². The molecule has 7 rings (SSSR count). The molecule has 6 heterocycles. The van der Waals surface area contributed by atoms with Crippen molar-refractivity contribution in [2.24, 2.45) is 5.92 Å². The number of anilines is 3. The lowest BCUT2D eigenvalue weighted by Crippen LogP contribution is -2.44. The first-order chi connectivity index (χ1) is 23.2. The maximum absolute atomic E-state index is 14.3. The van der Waals surface area contributed by atoms with Crippen LogP contribution in [0.5, 0.6) is 0 Å². The van der Waals surface area contributed by atoms with Crippen LogP contribution in [0.4, 0.5) is 17.3 Å². The van der Waals surface area contributed by atoms with E-state index in [2.05, 4.69) is 49.2 Å². The van der Waals surface area contributed by atoms with E-state index >= 15 is 0 Å². The van der Waals surface area contributed by atoms with Crippen LogP contribution in [0.15, 0.2) is 47.7 Å². The van der Waals surface area contributed by atoms with Crippen LogP contribution in [0.25, 0.3) is 22.3 Å². The second-order valence-electron chi connectivity index (χ2n) is 13.5. The van der Waals surface area contributed by atoms with E-state index in [1.807, 2.05) is 19.2 Å². The minimum Gasteiger partial charge on any atom is -0.381 e. The van der Waals surface area contributed by atoms with Gasteiger partial charge >= 0.3 is 0 Å². The lowest BCUT2D eigenvalue weighted by atomic mass is 10.00. The van der Waals surface area contributed by atoms with Gasteiger partial charge in [-0.1, -0.05) is 0 Å². The Morgan fingerprint density at radius 1 is 0.917 bits per heavy atom. The van der Waals surface area contributed by atoms with Crippen molar-refractivity contribution in [3.05, 3.63) is 58.9 Å². The van der Waals surface area contributed by atoms with E-state index < -0.39 is 15.3 Å². The molecule has 3 fully saturated rings. The lowest BCUT2D eigenvalue weighted by molar-refractivity contribution is 0.0613. The number of fused-ring (bicyclic) bond motifs is 1. The molecule has 1 N–H and O–H groups in total. The van der Waals surface area contributed by atoms with Crippen LogP contribution in [0, 0.1) is 12.8 Å². The number of hydrogen-bond acceptors (Lipinski definition) is 11. The maximum atomic E-state index is 14.3. The summed E-state index contributed by atoms with van der Waals surface area (Å²) in [6, 6.07) is 10.0. The first-order valence-corrected chi connectivity index (χ1v) is 18.4. The van der Waals surface area contributed by atoms with Gasteiger partial charge in [0.2, 0.25) is 16.0 Å². The van der Waals surface area contributed by atoms with Gasteiger partial charge in [0.05, 0.1) is 22.2 Å². The van der Waals surface area contributed by atoms with Gasteiger partial charge in [0.25, 0.3) is 5.56 Å². The number of ether oxygens (including phenoxy) is 1. The molecule has 3 aliphatic heterocycles. The smallest absolute Gasteiger partial charge is 0.261 e. The number of imidazole rings is 1. The fourth-order valence-corrected chi connectivity index (χ4v) is 8.83. The van der Waals surface area contributed by atoms with Gasteiger partial charge < -0.3 is 24.8 Å². The number of nitrogens with zero attached hydrogens (tertiary/aromatic N) is 8. The van der Waals surface area contributed by atoms with Gasteiger partial charge in [0.15, 0.2) is 0 Å². The Labute approximate surface area is 281 Å². The van der Waals surface area contributed by atoms with Gasteiger partial charge in [-0.2, -0.15) is 4.98 Å². The number of nitrogens with one attached hydrogen (secondary N) is 1. The highest BCUT2D eigenvalue weighted by molar-refractivity contribution is 7.90. The number of pyridine rings is 1. The molecule has 0 bridgehead atoms. The van der Waals surface area contributed by atoms with Crippen LogP contribution >= 0.6 is 0 Å².